The molecule has 2 aromatic rings. The van der Waals surface area contributed by atoms with E-state index in [1.165, 1.54) is 32.1 Å². The fourth-order valence-corrected chi connectivity index (χ4v) is 5.57. The molecule has 3 heterocycles. The van der Waals surface area contributed by atoms with Crippen molar-refractivity contribution in [3.8, 4) is 0 Å². The van der Waals surface area contributed by atoms with Gasteiger partial charge in [0.1, 0.15) is 0 Å². The summed E-state index contributed by atoms with van der Waals surface area (Å²) in [6.45, 7) is 8.30. The molecule has 1 aromatic carbocycles. The normalized spacial score (nSPS) is 20.7. The zero-order chi connectivity index (χ0) is 22.1. The molecule has 2 fully saturated rings. The Kier molecular flexibility index (Phi) is 6.17. The number of piperazine rings is 1. The van der Waals surface area contributed by atoms with Gasteiger partial charge in [-0.1, -0.05) is 32.6 Å². The molecule has 3 aliphatic rings. The largest absolute Gasteiger partial charge is 0.336 e. The van der Waals surface area contributed by atoms with Crippen LogP contribution in [0.5, 0.6) is 0 Å². The highest BCUT2D eigenvalue weighted by Gasteiger charge is 2.33. The number of fused-ring (bicyclic) bond motifs is 3. The number of hydrogen-bond donors (Lipinski definition) is 0. The predicted octanol–water partition coefficient (Wildman–Crippen LogP) is 3.38. The summed E-state index contributed by atoms with van der Waals surface area (Å²) in [5, 5.41) is 0. The number of unbranched alkanes of at least 4 members (excludes halogenated alkanes) is 1. The monoisotopic (exact) mass is 437 g/mol. The lowest BCUT2D eigenvalue weighted by molar-refractivity contribution is 0.0565. The van der Waals surface area contributed by atoms with Crippen LogP contribution in [0.25, 0.3) is 11.0 Å². The summed E-state index contributed by atoms with van der Waals surface area (Å²) in [4.78, 5) is 37.5. The Hall–Kier alpha value is -2.41. The highest BCUT2D eigenvalue weighted by Crippen LogP contribution is 2.28. The Morgan fingerprint density at radius 1 is 1.03 bits per heavy atom. The van der Waals surface area contributed by atoms with Crippen LogP contribution in [0.3, 0.4) is 0 Å². The van der Waals surface area contributed by atoms with Crippen molar-refractivity contribution in [3.05, 3.63) is 29.6 Å². The average Bonchev–Trinajstić information content (AvgIpc) is 3.22. The van der Waals surface area contributed by atoms with Crippen LogP contribution < -0.4 is 0 Å². The summed E-state index contributed by atoms with van der Waals surface area (Å²) >= 11 is 0. The topological polar surface area (TPSA) is 61.7 Å². The summed E-state index contributed by atoms with van der Waals surface area (Å²) < 4.78 is 2.04. The smallest absolute Gasteiger partial charge is 0.290 e. The quantitative estimate of drug-likeness (QED) is 0.720. The maximum atomic E-state index is 13.2. The third-order valence-corrected chi connectivity index (χ3v) is 7.51. The number of imidazole rings is 1. The molecule has 32 heavy (non-hydrogen) atoms. The highest BCUT2D eigenvalue weighted by molar-refractivity contribution is 6.00. The number of aromatic nitrogens is 2. The van der Waals surface area contributed by atoms with Crippen LogP contribution >= 0.6 is 0 Å². The van der Waals surface area contributed by atoms with Crippen LogP contribution in [-0.2, 0) is 6.54 Å². The van der Waals surface area contributed by atoms with Crippen molar-refractivity contribution >= 4 is 22.8 Å². The van der Waals surface area contributed by atoms with E-state index in [9.17, 15) is 9.59 Å². The summed E-state index contributed by atoms with van der Waals surface area (Å²) in [7, 11) is 0. The number of carbonyl (C=O) groups excluding carboxylic acids is 2. The van der Waals surface area contributed by atoms with Crippen molar-refractivity contribution in [2.45, 2.75) is 64.5 Å². The molecule has 0 bridgehead atoms. The highest BCUT2D eigenvalue weighted by atomic mass is 16.2. The SMILES string of the molecule is CCCCN1CCN(C(=O)c2ccc3c(c2)nc2n3CCN(C3CCCCC3)C2=O)CC1. The number of benzene rings is 1. The van der Waals surface area contributed by atoms with Crippen LogP contribution in [-0.4, -0.2) is 81.4 Å². The lowest BCUT2D eigenvalue weighted by Crippen LogP contribution is -2.48. The molecule has 2 aliphatic heterocycles. The molecule has 0 atom stereocenters. The zero-order valence-corrected chi connectivity index (χ0v) is 19.3. The minimum absolute atomic E-state index is 0.0513. The molecule has 0 radical (unpaired) electrons. The minimum Gasteiger partial charge on any atom is -0.336 e. The first-order valence-corrected chi connectivity index (χ1v) is 12.5. The summed E-state index contributed by atoms with van der Waals surface area (Å²) in [6, 6.07) is 6.12. The van der Waals surface area contributed by atoms with Gasteiger partial charge >= 0.3 is 0 Å². The first kappa shape index (κ1) is 21.4. The predicted molar refractivity (Wildman–Crippen MR) is 125 cm³/mol. The molecule has 7 heteroatoms. The molecule has 1 saturated carbocycles. The van der Waals surface area contributed by atoms with Gasteiger partial charge in [0, 0.05) is 50.9 Å². The zero-order valence-electron chi connectivity index (χ0n) is 19.3. The molecule has 5 rings (SSSR count). The number of carbonyl (C=O) groups is 2. The maximum Gasteiger partial charge on any atom is 0.290 e. The first-order chi connectivity index (χ1) is 15.7. The van der Waals surface area contributed by atoms with Gasteiger partial charge in [-0.05, 0) is 44.0 Å². The van der Waals surface area contributed by atoms with Crippen LogP contribution in [0, 0.1) is 0 Å². The molecule has 1 aromatic heterocycles. The molecular formula is C25H35N5O2. The summed E-state index contributed by atoms with van der Waals surface area (Å²) in [5.74, 6) is 0.657. The molecule has 0 N–H and O–H groups in total. The van der Waals surface area contributed by atoms with Crippen molar-refractivity contribution < 1.29 is 9.59 Å². The molecule has 7 nitrogen and oxygen atoms in total. The van der Waals surface area contributed by atoms with Gasteiger partial charge < -0.3 is 14.4 Å². The standard InChI is InChI=1S/C25H35N5O2/c1-2-3-11-27-12-14-28(15-13-27)24(31)19-9-10-22-21(18-19)26-23-25(32)29(16-17-30(22)23)20-7-5-4-6-8-20/h9-10,18,20H,2-8,11-17H2,1H3. The Balaban J connectivity index is 1.31. The number of amides is 2. The van der Waals surface area contributed by atoms with Gasteiger partial charge in [0.15, 0.2) is 5.82 Å². The van der Waals surface area contributed by atoms with E-state index < -0.39 is 0 Å². The van der Waals surface area contributed by atoms with Gasteiger partial charge in [0.25, 0.3) is 11.8 Å². The lowest BCUT2D eigenvalue weighted by Gasteiger charge is -2.36. The van der Waals surface area contributed by atoms with Crippen LogP contribution in [0.2, 0.25) is 0 Å². The Bertz CT molecular complexity index is 986. The second kappa shape index (κ2) is 9.22. The molecule has 0 unspecified atom stereocenters. The van der Waals surface area contributed by atoms with Gasteiger partial charge in [0.05, 0.1) is 11.0 Å². The average molecular weight is 438 g/mol. The number of rotatable bonds is 5. The Labute approximate surface area is 190 Å². The first-order valence-electron chi connectivity index (χ1n) is 12.5. The van der Waals surface area contributed by atoms with E-state index in [1.807, 2.05) is 32.6 Å². The van der Waals surface area contributed by atoms with E-state index in [1.54, 1.807) is 0 Å². The van der Waals surface area contributed by atoms with Crippen molar-refractivity contribution in [1.82, 2.24) is 24.3 Å². The molecular weight excluding hydrogens is 402 g/mol. The van der Waals surface area contributed by atoms with E-state index in [-0.39, 0.29) is 11.8 Å². The van der Waals surface area contributed by atoms with E-state index in [4.69, 9.17) is 4.98 Å². The molecule has 2 amide bonds. The van der Waals surface area contributed by atoms with Crippen molar-refractivity contribution in [3.63, 3.8) is 0 Å². The Morgan fingerprint density at radius 2 is 1.81 bits per heavy atom. The molecule has 0 spiro atoms. The van der Waals surface area contributed by atoms with Crippen molar-refractivity contribution in [2.75, 3.05) is 39.3 Å². The van der Waals surface area contributed by atoms with Gasteiger partial charge in [-0.2, -0.15) is 0 Å². The summed E-state index contributed by atoms with van der Waals surface area (Å²) in [5.41, 5.74) is 2.38. The second-order valence-corrected chi connectivity index (χ2v) is 9.57. The van der Waals surface area contributed by atoms with E-state index in [0.717, 1.165) is 69.7 Å². The maximum absolute atomic E-state index is 13.2. The van der Waals surface area contributed by atoms with Gasteiger partial charge in [-0.25, -0.2) is 4.98 Å². The number of nitrogens with zero attached hydrogens (tertiary/aromatic N) is 5. The molecule has 1 aliphatic carbocycles. The molecule has 172 valence electrons. The van der Waals surface area contributed by atoms with E-state index in [2.05, 4.69) is 11.8 Å². The van der Waals surface area contributed by atoms with E-state index >= 15 is 0 Å². The lowest BCUT2D eigenvalue weighted by atomic mass is 9.94. The summed E-state index contributed by atoms with van der Waals surface area (Å²) in [6.07, 6.45) is 8.34. The van der Waals surface area contributed by atoms with Crippen LogP contribution in [0.1, 0.15) is 72.8 Å². The van der Waals surface area contributed by atoms with Crippen LogP contribution in [0.15, 0.2) is 18.2 Å². The van der Waals surface area contributed by atoms with Crippen molar-refractivity contribution in [1.29, 1.82) is 0 Å². The van der Waals surface area contributed by atoms with Crippen molar-refractivity contribution in [2.24, 2.45) is 0 Å². The van der Waals surface area contributed by atoms with Gasteiger partial charge in [-0.15, -0.1) is 0 Å². The molecule has 1 saturated heterocycles. The minimum atomic E-state index is 0.0513. The third kappa shape index (κ3) is 4.03. The fraction of sp³-hybridized carbons (Fsp3) is 0.640. The van der Waals surface area contributed by atoms with Gasteiger partial charge in [-0.3, -0.25) is 14.5 Å². The third-order valence-electron chi connectivity index (χ3n) is 7.51. The number of hydrogen-bond acceptors (Lipinski definition) is 4. The van der Waals surface area contributed by atoms with Crippen LogP contribution in [0.4, 0.5) is 0 Å². The fourth-order valence-electron chi connectivity index (χ4n) is 5.57. The Morgan fingerprint density at radius 3 is 2.56 bits per heavy atom. The second-order valence-electron chi connectivity index (χ2n) is 9.57. The van der Waals surface area contributed by atoms with E-state index in [0.29, 0.717) is 17.4 Å². The van der Waals surface area contributed by atoms with Gasteiger partial charge in [0.2, 0.25) is 0 Å².